The van der Waals surface area contributed by atoms with Crippen molar-refractivity contribution in [2.24, 2.45) is 0 Å². The van der Waals surface area contributed by atoms with Crippen molar-refractivity contribution in [2.75, 3.05) is 27.9 Å². The van der Waals surface area contributed by atoms with Gasteiger partial charge in [-0.15, -0.1) is 0 Å². The number of hydrogen-bond acceptors (Lipinski definition) is 5. The van der Waals surface area contributed by atoms with Crippen LogP contribution in [0.2, 0.25) is 0 Å². The lowest BCUT2D eigenvalue weighted by Crippen LogP contribution is -2.39. The van der Waals surface area contributed by atoms with Crippen LogP contribution in [0.1, 0.15) is 35.6 Å². The lowest BCUT2D eigenvalue weighted by atomic mass is 9.93. The first kappa shape index (κ1) is 20.0. The Balaban J connectivity index is 2.21. The second-order valence-corrected chi connectivity index (χ2v) is 6.97. The number of carboxylic acid groups (broad SMARTS) is 1. The van der Waals surface area contributed by atoms with Gasteiger partial charge < -0.3 is 19.3 Å². The molecule has 0 aliphatic carbocycles. The summed E-state index contributed by atoms with van der Waals surface area (Å²) in [5, 5.41) is 9.77. The molecule has 1 N–H and O–H groups in total. The molecule has 2 unspecified atom stereocenters. The minimum absolute atomic E-state index is 0.266. The standard InChI is InChI=1S/C22H27NO5/c1-14-7-5-8-15(13-14)19(23-12-6-9-17(23)22(24)25)16-10-11-18(26-2)21(28-4)20(16)27-3/h5,7-8,10-11,13,17,19H,6,9,12H2,1-4H3,(H,24,25). The van der Waals surface area contributed by atoms with E-state index >= 15 is 0 Å². The van der Waals surface area contributed by atoms with E-state index in [0.717, 1.165) is 23.1 Å². The summed E-state index contributed by atoms with van der Waals surface area (Å²) >= 11 is 0. The zero-order valence-corrected chi connectivity index (χ0v) is 16.8. The van der Waals surface area contributed by atoms with Gasteiger partial charge in [-0.05, 0) is 37.5 Å². The Labute approximate surface area is 165 Å². The summed E-state index contributed by atoms with van der Waals surface area (Å²) in [6.07, 6.45) is 1.47. The van der Waals surface area contributed by atoms with Crippen LogP contribution in [0.15, 0.2) is 36.4 Å². The summed E-state index contributed by atoms with van der Waals surface area (Å²) in [6, 6.07) is 11.1. The van der Waals surface area contributed by atoms with Gasteiger partial charge in [0, 0.05) is 12.1 Å². The Morgan fingerprint density at radius 3 is 2.46 bits per heavy atom. The number of nitrogens with zero attached hydrogens (tertiary/aromatic N) is 1. The van der Waals surface area contributed by atoms with Crippen molar-refractivity contribution in [1.82, 2.24) is 4.90 Å². The average molecular weight is 385 g/mol. The third-order valence-corrected chi connectivity index (χ3v) is 5.30. The largest absolute Gasteiger partial charge is 0.493 e. The topological polar surface area (TPSA) is 68.2 Å². The molecule has 1 aliphatic rings. The van der Waals surface area contributed by atoms with Crippen LogP contribution in [0.25, 0.3) is 0 Å². The number of carbonyl (C=O) groups is 1. The van der Waals surface area contributed by atoms with Gasteiger partial charge in [0.25, 0.3) is 0 Å². The average Bonchev–Trinajstić information content (AvgIpc) is 3.17. The number of aliphatic carboxylic acids is 1. The molecule has 1 saturated heterocycles. The van der Waals surface area contributed by atoms with E-state index in [1.165, 1.54) is 0 Å². The molecule has 28 heavy (non-hydrogen) atoms. The van der Waals surface area contributed by atoms with Crippen molar-refractivity contribution in [2.45, 2.75) is 31.8 Å². The van der Waals surface area contributed by atoms with E-state index < -0.39 is 12.0 Å². The Bertz CT molecular complexity index is 851. The number of methoxy groups -OCH3 is 3. The van der Waals surface area contributed by atoms with E-state index in [-0.39, 0.29) is 6.04 Å². The van der Waals surface area contributed by atoms with Crippen LogP contribution in [-0.2, 0) is 4.79 Å². The Morgan fingerprint density at radius 1 is 1.11 bits per heavy atom. The van der Waals surface area contributed by atoms with Gasteiger partial charge in [0.15, 0.2) is 11.5 Å². The maximum Gasteiger partial charge on any atom is 0.320 e. The molecule has 6 heteroatoms. The molecule has 0 amide bonds. The third-order valence-electron chi connectivity index (χ3n) is 5.30. The predicted molar refractivity (Wildman–Crippen MR) is 106 cm³/mol. The minimum atomic E-state index is -0.797. The molecule has 1 heterocycles. The van der Waals surface area contributed by atoms with Gasteiger partial charge >= 0.3 is 5.97 Å². The van der Waals surface area contributed by atoms with Gasteiger partial charge in [-0.2, -0.15) is 0 Å². The van der Waals surface area contributed by atoms with Crippen molar-refractivity contribution in [1.29, 1.82) is 0 Å². The van der Waals surface area contributed by atoms with Crippen molar-refractivity contribution in [3.8, 4) is 17.2 Å². The van der Waals surface area contributed by atoms with E-state index in [4.69, 9.17) is 14.2 Å². The zero-order chi connectivity index (χ0) is 20.3. The summed E-state index contributed by atoms with van der Waals surface area (Å²) in [5.41, 5.74) is 3.01. The number of carboxylic acids is 1. The molecule has 0 aromatic heterocycles. The monoisotopic (exact) mass is 385 g/mol. The van der Waals surface area contributed by atoms with Gasteiger partial charge in [-0.25, -0.2) is 0 Å². The maximum absolute atomic E-state index is 11.9. The van der Waals surface area contributed by atoms with E-state index in [2.05, 4.69) is 6.07 Å². The second kappa shape index (κ2) is 8.52. The molecule has 0 bridgehead atoms. The van der Waals surface area contributed by atoms with Gasteiger partial charge in [-0.1, -0.05) is 29.8 Å². The Hall–Kier alpha value is -2.73. The molecule has 6 nitrogen and oxygen atoms in total. The number of rotatable bonds is 7. The van der Waals surface area contributed by atoms with Crippen molar-refractivity contribution in [3.63, 3.8) is 0 Å². The maximum atomic E-state index is 11.9. The lowest BCUT2D eigenvalue weighted by Gasteiger charge is -2.33. The highest BCUT2D eigenvalue weighted by Gasteiger charge is 2.38. The first-order valence-electron chi connectivity index (χ1n) is 9.35. The van der Waals surface area contributed by atoms with Crippen LogP contribution in [0, 0.1) is 6.92 Å². The minimum Gasteiger partial charge on any atom is -0.493 e. The summed E-state index contributed by atoms with van der Waals surface area (Å²) in [5.74, 6) is 0.840. The van der Waals surface area contributed by atoms with Crippen molar-refractivity contribution >= 4 is 5.97 Å². The molecule has 3 rings (SSSR count). The first-order chi connectivity index (χ1) is 13.5. The lowest BCUT2D eigenvalue weighted by molar-refractivity contribution is -0.142. The SMILES string of the molecule is COc1ccc(C(c2cccc(C)c2)N2CCCC2C(=O)O)c(OC)c1OC. The zero-order valence-electron chi connectivity index (χ0n) is 16.8. The smallest absolute Gasteiger partial charge is 0.320 e. The highest BCUT2D eigenvalue weighted by atomic mass is 16.5. The molecule has 1 aliphatic heterocycles. The number of ether oxygens (including phenoxy) is 3. The molecule has 0 spiro atoms. The summed E-state index contributed by atoms with van der Waals surface area (Å²) in [4.78, 5) is 13.9. The fraction of sp³-hybridized carbons (Fsp3) is 0.409. The quantitative estimate of drug-likeness (QED) is 0.785. The molecule has 1 fully saturated rings. The molecule has 150 valence electrons. The van der Waals surface area contributed by atoms with Gasteiger partial charge in [0.2, 0.25) is 5.75 Å². The van der Waals surface area contributed by atoms with E-state index in [9.17, 15) is 9.90 Å². The first-order valence-corrected chi connectivity index (χ1v) is 9.35. The summed E-state index contributed by atoms with van der Waals surface area (Å²) in [6.45, 7) is 2.73. The predicted octanol–water partition coefficient (Wildman–Crippen LogP) is 3.66. The Kier molecular flexibility index (Phi) is 6.09. The van der Waals surface area contributed by atoms with Crippen molar-refractivity contribution in [3.05, 3.63) is 53.1 Å². The fourth-order valence-electron chi connectivity index (χ4n) is 4.09. The second-order valence-electron chi connectivity index (χ2n) is 6.97. The molecule has 0 radical (unpaired) electrons. The highest BCUT2D eigenvalue weighted by molar-refractivity contribution is 5.74. The molecule has 2 aromatic carbocycles. The van der Waals surface area contributed by atoms with Crippen LogP contribution < -0.4 is 14.2 Å². The molecule has 2 atom stereocenters. The molecule has 2 aromatic rings. The Morgan fingerprint density at radius 2 is 1.86 bits per heavy atom. The van der Waals surface area contributed by atoms with E-state index in [0.29, 0.717) is 30.2 Å². The van der Waals surface area contributed by atoms with Crippen LogP contribution in [-0.4, -0.2) is 49.9 Å². The van der Waals surface area contributed by atoms with Crippen molar-refractivity contribution < 1.29 is 24.1 Å². The highest BCUT2D eigenvalue weighted by Crippen LogP contribution is 2.46. The van der Waals surface area contributed by atoms with Gasteiger partial charge in [-0.3, -0.25) is 9.69 Å². The molecular weight excluding hydrogens is 358 g/mol. The number of benzene rings is 2. The van der Waals surface area contributed by atoms with Crippen LogP contribution >= 0.6 is 0 Å². The van der Waals surface area contributed by atoms with Crippen LogP contribution in [0.5, 0.6) is 17.2 Å². The third kappa shape index (κ3) is 3.64. The fourth-order valence-corrected chi connectivity index (χ4v) is 4.09. The number of aryl methyl sites for hydroxylation is 1. The van der Waals surface area contributed by atoms with E-state index in [1.807, 2.05) is 42.2 Å². The van der Waals surface area contributed by atoms with Gasteiger partial charge in [0.05, 0.1) is 27.4 Å². The molecular formula is C22H27NO5. The summed E-state index contributed by atoms with van der Waals surface area (Å²) in [7, 11) is 4.74. The van der Waals surface area contributed by atoms with Crippen LogP contribution in [0.4, 0.5) is 0 Å². The molecule has 0 saturated carbocycles. The summed E-state index contributed by atoms with van der Waals surface area (Å²) < 4.78 is 16.7. The number of hydrogen-bond donors (Lipinski definition) is 1. The van der Waals surface area contributed by atoms with E-state index in [1.54, 1.807) is 21.3 Å². The van der Waals surface area contributed by atoms with Gasteiger partial charge in [0.1, 0.15) is 6.04 Å². The number of likely N-dealkylation sites (tertiary alicyclic amines) is 1. The van der Waals surface area contributed by atoms with Crippen LogP contribution in [0.3, 0.4) is 0 Å². The normalized spacial score (nSPS) is 17.9.